The van der Waals surface area contributed by atoms with E-state index in [0.717, 1.165) is 6.42 Å². The van der Waals surface area contributed by atoms with Gasteiger partial charge in [0.25, 0.3) is 5.91 Å². The van der Waals surface area contributed by atoms with Crippen LogP contribution < -0.4 is 0 Å². The van der Waals surface area contributed by atoms with Crippen LogP contribution in [0.3, 0.4) is 0 Å². The van der Waals surface area contributed by atoms with Gasteiger partial charge in [0.15, 0.2) is 6.61 Å². The van der Waals surface area contributed by atoms with Crippen molar-refractivity contribution in [2.24, 2.45) is 0 Å². The molecule has 1 amide bonds. The standard InChI is InChI=1S/C21H18N2O3/c22-14-16-6-8-19(9-7-16)21(25)26-15-20(24)23-12-10-18(11-13-23)17-4-2-1-3-5-17/h1-10H,11-13,15H2. The molecule has 0 N–H and O–H groups in total. The van der Waals surface area contributed by atoms with Gasteiger partial charge >= 0.3 is 5.97 Å². The molecule has 0 unspecified atom stereocenters. The van der Waals surface area contributed by atoms with E-state index in [1.807, 2.05) is 30.3 Å². The second kappa shape index (κ2) is 8.13. The summed E-state index contributed by atoms with van der Waals surface area (Å²) in [7, 11) is 0. The van der Waals surface area contributed by atoms with E-state index in [9.17, 15) is 9.59 Å². The number of nitriles is 1. The molecule has 26 heavy (non-hydrogen) atoms. The zero-order chi connectivity index (χ0) is 18.4. The van der Waals surface area contributed by atoms with Gasteiger partial charge in [-0.15, -0.1) is 0 Å². The van der Waals surface area contributed by atoms with Crippen LogP contribution in [0.2, 0.25) is 0 Å². The maximum Gasteiger partial charge on any atom is 0.338 e. The summed E-state index contributed by atoms with van der Waals surface area (Å²) in [5, 5.41) is 8.76. The van der Waals surface area contributed by atoms with Gasteiger partial charge in [-0.3, -0.25) is 4.79 Å². The Morgan fingerprint density at radius 2 is 1.81 bits per heavy atom. The smallest absolute Gasteiger partial charge is 0.338 e. The maximum atomic E-state index is 12.3. The van der Waals surface area contributed by atoms with Crippen molar-refractivity contribution in [2.45, 2.75) is 6.42 Å². The van der Waals surface area contributed by atoms with Gasteiger partial charge in [-0.05, 0) is 41.8 Å². The quantitative estimate of drug-likeness (QED) is 0.798. The summed E-state index contributed by atoms with van der Waals surface area (Å²) < 4.78 is 5.09. The molecule has 5 heteroatoms. The highest BCUT2D eigenvalue weighted by Gasteiger charge is 2.19. The van der Waals surface area contributed by atoms with Gasteiger partial charge in [-0.1, -0.05) is 36.4 Å². The van der Waals surface area contributed by atoms with Gasteiger partial charge in [0, 0.05) is 13.1 Å². The Hall–Kier alpha value is -3.39. The zero-order valence-electron chi connectivity index (χ0n) is 14.2. The molecule has 0 radical (unpaired) electrons. The van der Waals surface area contributed by atoms with Crippen molar-refractivity contribution in [2.75, 3.05) is 19.7 Å². The summed E-state index contributed by atoms with van der Waals surface area (Å²) in [5.74, 6) is -0.782. The second-order valence-electron chi connectivity index (χ2n) is 5.95. The Kier molecular flexibility index (Phi) is 5.45. The van der Waals surface area contributed by atoms with E-state index in [1.54, 1.807) is 17.0 Å². The van der Waals surface area contributed by atoms with Crippen LogP contribution in [0.1, 0.15) is 27.9 Å². The van der Waals surface area contributed by atoms with Gasteiger partial charge < -0.3 is 9.64 Å². The van der Waals surface area contributed by atoms with Gasteiger partial charge in [-0.25, -0.2) is 4.79 Å². The number of rotatable bonds is 4. The Balaban J connectivity index is 1.52. The fourth-order valence-corrected chi connectivity index (χ4v) is 2.79. The zero-order valence-corrected chi connectivity index (χ0v) is 14.2. The van der Waals surface area contributed by atoms with Crippen molar-refractivity contribution >= 4 is 17.4 Å². The predicted octanol–water partition coefficient (Wildman–Crippen LogP) is 3.03. The number of carbonyl (C=O) groups is 2. The third kappa shape index (κ3) is 4.17. The van der Waals surface area contributed by atoms with Crippen molar-refractivity contribution in [3.05, 3.63) is 77.4 Å². The molecular weight excluding hydrogens is 328 g/mol. The number of esters is 1. The number of carbonyl (C=O) groups excluding carboxylic acids is 2. The third-order valence-corrected chi connectivity index (χ3v) is 4.28. The maximum absolute atomic E-state index is 12.3. The summed E-state index contributed by atoms with van der Waals surface area (Å²) in [6, 6.07) is 18.2. The van der Waals surface area contributed by atoms with Crippen LogP contribution in [-0.2, 0) is 9.53 Å². The van der Waals surface area contributed by atoms with Crippen molar-refractivity contribution in [1.29, 1.82) is 5.26 Å². The molecule has 2 aromatic rings. The average Bonchev–Trinajstić information content (AvgIpc) is 2.72. The molecule has 0 atom stereocenters. The van der Waals surface area contributed by atoms with Crippen LogP contribution in [0.4, 0.5) is 0 Å². The molecule has 1 heterocycles. The SMILES string of the molecule is N#Cc1ccc(C(=O)OCC(=O)N2CC=C(c3ccccc3)CC2)cc1. The molecule has 1 aliphatic heterocycles. The Bertz CT molecular complexity index is 864. The number of benzene rings is 2. The van der Waals surface area contributed by atoms with E-state index < -0.39 is 5.97 Å². The number of hydrogen-bond acceptors (Lipinski definition) is 4. The van der Waals surface area contributed by atoms with E-state index >= 15 is 0 Å². The molecular formula is C21H18N2O3. The first kappa shape index (κ1) is 17.4. The molecule has 0 fully saturated rings. The first-order chi connectivity index (χ1) is 12.7. The number of nitrogens with zero attached hydrogens (tertiary/aromatic N) is 2. The highest BCUT2D eigenvalue weighted by molar-refractivity contribution is 5.91. The lowest BCUT2D eigenvalue weighted by Gasteiger charge is -2.26. The van der Waals surface area contributed by atoms with Crippen molar-refractivity contribution in [3.63, 3.8) is 0 Å². The first-order valence-corrected chi connectivity index (χ1v) is 8.37. The van der Waals surface area contributed by atoms with Crippen molar-refractivity contribution in [1.82, 2.24) is 4.90 Å². The molecule has 1 aliphatic rings. The van der Waals surface area contributed by atoms with E-state index in [-0.39, 0.29) is 12.5 Å². The molecule has 0 saturated heterocycles. The average molecular weight is 346 g/mol. The molecule has 3 rings (SSSR count). The molecule has 2 aromatic carbocycles. The lowest BCUT2D eigenvalue weighted by atomic mass is 10.00. The first-order valence-electron chi connectivity index (χ1n) is 8.37. The molecule has 0 aromatic heterocycles. The van der Waals surface area contributed by atoms with Crippen molar-refractivity contribution < 1.29 is 14.3 Å². The Morgan fingerprint density at radius 1 is 1.08 bits per heavy atom. The minimum absolute atomic E-state index is 0.213. The van der Waals surface area contributed by atoms with Crippen LogP contribution in [-0.4, -0.2) is 36.5 Å². The number of hydrogen-bond donors (Lipinski definition) is 0. The van der Waals surface area contributed by atoms with Gasteiger partial charge in [0.1, 0.15) is 0 Å². The second-order valence-corrected chi connectivity index (χ2v) is 5.95. The fraction of sp³-hybridized carbons (Fsp3) is 0.190. The van der Waals surface area contributed by atoms with E-state index in [4.69, 9.17) is 10.00 Å². The molecule has 130 valence electrons. The fourth-order valence-electron chi connectivity index (χ4n) is 2.79. The summed E-state index contributed by atoms with van der Waals surface area (Å²) in [6.45, 7) is 0.832. The van der Waals surface area contributed by atoms with Gasteiger partial charge in [0.05, 0.1) is 17.2 Å². The molecule has 0 saturated carbocycles. The van der Waals surface area contributed by atoms with E-state index in [2.05, 4.69) is 12.1 Å². The minimum atomic E-state index is -0.569. The molecule has 0 aliphatic carbocycles. The van der Waals surface area contributed by atoms with Crippen LogP contribution in [0.5, 0.6) is 0 Å². The highest BCUT2D eigenvalue weighted by Crippen LogP contribution is 2.22. The Labute approximate surface area is 152 Å². The lowest BCUT2D eigenvalue weighted by Crippen LogP contribution is -2.37. The highest BCUT2D eigenvalue weighted by atomic mass is 16.5. The summed E-state index contributed by atoms with van der Waals surface area (Å²) in [4.78, 5) is 25.9. The van der Waals surface area contributed by atoms with Crippen LogP contribution in [0.15, 0.2) is 60.7 Å². The Morgan fingerprint density at radius 3 is 2.42 bits per heavy atom. The summed E-state index contributed by atoms with van der Waals surface area (Å²) >= 11 is 0. The van der Waals surface area contributed by atoms with Gasteiger partial charge in [-0.2, -0.15) is 5.26 Å². The molecule has 0 bridgehead atoms. The lowest BCUT2D eigenvalue weighted by molar-refractivity contribution is -0.134. The largest absolute Gasteiger partial charge is 0.452 e. The number of amides is 1. The molecule has 5 nitrogen and oxygen atoms in total. The summed E-state index contributed by atoms with van der Waals surface area (Å²) in [5.41, 5.74) is 3.18. The number of ether oxygens (including phenoxy) is 1. The van der Waals surface area contributed by atoms with Gasteiger partial charge in [0.2, 0.25) is 0 Å². The topological polar surface area (TPSA) is 70.4 Å². The van der Waals surface area contributed by atoms with Crippen LogP contribution >= 0.6 is 0 Å². The van der Waals surface area contributed by atoms with E-state index in [1.165, 1.54) is 23.3 Å². The normalized spacial score (nSPS) is 13.5. The van der Waals surface area contributed by atoms with Crippen LogP contribution in [0, 0.1) is 11.3 Å². The minimum Gasteiger partial charge on any atom is -0.452 e. The van der Waals surface area contributed by atoms with E-state index in [0.29, 0.717) is 24.2 Å². The van der Waals surface area contributed by atoms with Crippen molar-refractivity contribution in [3.8, 4) is 6.07 Å². The third-order valence-electron chi connectivity index (χ3n) is 4.28. The van der Waals surface area contributed by atoms with Crippen LogP contribution in [0.25, 0.3) is 5.57 Å². The predicted molar refractivity (Wildman–Crippen MR) is 97.1 cm³/mol. The summed E-state index contributed by atoms with van der Waals surface area (Å²) in [6.07, 6.45) is 2.82. The molecule has 0 spiro atoms. The monoisotopic (exact) mass is 346 g/mol.